The zero-order valence-corrected chi connectivity index (χ0v) is 10.1. The van der Waals surface area contributed by atoms with Gasteiger partial charge in [0.25, 0.3) is 0 Å². The zero-order chi connectivity index (χ0) is 10.7. The van der Waals surface area contributed by atoms with Gasteiger partial charge < -0.3 is 0 Å². The predicted octanol–water partition coefficient (Wildman–Crippen LogP) is 4.88. The van der Waals surface area contributed by atoms with Crippen molar-refractivity contribution >= 4 is 0 Å². The van der Waals surface area contributed by atoms with Crippen LogP contribution in [0.1, 0.15) is 71.1 Å². The Balaban J connectivity index is 1.96. The Hall–Kier alpha value is -0.0700. The SMILES string of the molecule is CC(F)(C1CCCCC1)C1CCCCC1. The summed E-state index contributed by atoms with van der Waals surface area (Å²) in [7, 11) is 0. The first kappa shape index (κ1) is 11.4. The molecule has 0 atom stereocenters. The smallest absolute Gasteiger partial charge is 0.113 e. The van der Waals surface area contributed by atoms with Crippen LogP contribution in [0.4, 0.5) is 4.39 Å². The first-order chi connectivity index (χ1) is 7.21. The second-order valence-corrected chi connectivity index (χ2v) is 5.82. The first-order valence-corrected chi connectivity index (χ1v) is 6.90. The van der Waals surface area contributed by atoms with Crippen molar-refractivity contribution in [2.45, 2.75) is 76.8 Å². The molecule has 2 fully saturated rings. The predicted molar refractivity (Wildman–Crippen MR) is 62.7 cm³/mol. The quantitative estimate of drug-likeness (QED) is 0.612. The van der Waals surface area contributed by atoms with Crippen LogP contribution in [-0.4, -0.2) is 5.67 Å². The molecular formula is C14H25F. The number of hydrogen-bond acceptors (Lipinski definition) is 0. The van der Waals surface area contributed by atoms with Crippen LogP contribution in [0.15, 0.2) is 0 Å². The van der Waals surface area contributed by atoms with E-state index in [0.29, 0.717) is 11.8 Å². The minimum Gasteiger partial charge on any atom is -0.244 e. The average molecular weight is 212 g/mol. The summed E-state index contributed by atoms with van der Waals surface area (Å²) in [5.74, 6) is 0.740. The Kier molecular flexibility index (Phi) is 3.69. The second kappa shape index (κ2) is 4.84. The Bertz CT molecular complexity index is 166. The van der Waals surface area contributed by atoms with Crippen molar-refractivity contribution in [2.75, 3.05) is 0 Å². The molecule has 0 heterocycles. The average Bonchev–Trinajstić information content (AvgIpc) is 2.31. The summed E-state index contributed by atoms with van der Waals surface area (Å²) >= 11 is 0. The van der Waals surface area contributed by atoms with Gasteiger partial charge in [0.2, 0.25) is 0 Å². The van der Waals surface area contributed by atoms with Gasteiger partial charge in [0, 0.05) is 0 Å². The minimum atomic E-state index is -0.860. The molecule has 0 bridgehead atoms. The summed E-state index contributed by atoms with van der Waals surface area (Å²) in [4.78, 5) is 0. The minimum absolute atomic E-state index is 0.370. The summed E-state index contributed by atoms with van der Waals surface area (Å²) in [5.41, 5.74) is -0.860. The van der Waals surface area contributed by atoms with Crippen molar-refractivity contribution in [1.29, 1.82) is 0 Å². The molecule has 1 heteroatoms. The first-order valence-electron chi connectivity index (χ1n) is 6.90. The van der Waals surface area contributed by atoms with Gasteiger partial charge in [0.15, 0.2) is 0 Å². The van der Waals surface area contributed by atoms with Crippen LogP contribution in [-0.2, 0) is 0 Å². The number of alkyl halides is 1. The lowest BCUT2D eigenvalue weighted by atomic mass is 9.68. The van der Waals surface area contributed by atoms with Gasteiger partial charge in [-0.15, -0.1) is 0 Å². The molecule has 2 aliphatic rings. The van der Waals surface area contributed by atoms with E-state index in [1.807, 2.05) is 6.92 Å². The summed E-state index contributed by atoms with van der Waals surface area (Å²) in [5, 5.41) is 0. The van der Waals surface area contributed by atoms with Crippen LogP contribution in [0.2, 0.25) is 0 Å². The molecule has 15 heavy (non-hydrogen) atoms. The summed E-state index contributed by atoms with van der Waals surface area (Å²) in [6, 6.07) is 0. The molecular weight excluding hydrogens is 187 g/mol. The third-order valence-corrected chi connectivity index (χ3v) is 4.81. The van der Waals surface area contributed by atoms with Crippen LogP contribution < -0.4 is 0 Å². The van der Waals surface area contributed by atoms with Crippen LogP contribution >= 0.6 is 0 Å². The van der Waals surface area contributed by atoms with Gasteiger partial charge in [-0.3, -0.25) is 0 Å². The Morgan fingerprint density at radius 1 is 0.733 bits per heavy atom. The maximum atomic E-state index is 14.9. The van der Waals surface area contributed by atoms with Crippen molar-refractivity contribution in [1.82, 2.24) is 0 Å². The maximum absolute atomic E-state index is 14.9. The van der Waals surface area contributed by atoms with E-state index in [-0.39, 0.29) is 0 Å². The molecule has 0 radical (unpaired) electrons. The molecule has 88 valence electrons. The van der Waals surface area contributed by atoms with Crippen molar-refractivity contribution in [3.05, 3.63) is 0 Å². The largest absolute Gasteiger partial charge is 0.244 e. The topological polar surface area (TPSA) is 0 Å². The van der Waals surface area contributed by atoms with Gasteiger partial charge >= 0.3 is 0 Å². The fraction of sp³-hybridized carbons (Fsp3) is 1.00. The Labute approximate surface area is 93.6 Å². The standard InChI is InChI=1S/C14H25F/c1-14(15,12-8-4-2-5-9-12)13-10-6-3-7-11-13/h12-13H,2-11H2,1H3. The lowest BCUT2D eigenvalue weighted by molar-refractivity contribution is -0.00140. The highest BCUT2D eigenvalue weighted by atomic mass is 19.1. The molecule has 0 aromatic rings. The maximum Gasteiger partial charge on any atom is 0.113 e. The number of rotatable bonds is 2. The van der Waals surface area contributed by atoms with Crippen LogP contribution in [0, 0.1) is 11.8 Å². The fourth-order valence-corrected chi connectivity index (χ4v) is 3.67. The lowest BCUT2D eigenvalue weighted by Gasteiger charge is -2.41. The number of halogens is 1. The third-order valence-electron chi connectivity index (χ3n) is 4.81. The summed E-state index contributed by atoms with van der Waals surface area (Å²) in [6.07, 6.45) is 12.3. The van der Waals surface area contributed by atoms with Gasteiger partial charge in [0.1, 0.15) is 5.67 Å². The van der Waals surface area contributed by atoms with Crippen molar-refractivity contribution < 1.29 is 4.39 Å². The van der Waals surface area contributed by atoms with E-state index in [2.05, 4.69) is 0 Å². The highest BCUT2D eigenvalue weighted by Crippen LogP contribution is 2.44. The highest BCUT2D eigenvalue weighted by molar-refractivity contribution is 4.91. The van der Waals surface area contributed by atoms with Gasteiger partial charge in [-0.1, -0.05) is 38.5 Å². The molecule has 2 saturated carbocycles. The molecule has 0 saturated heterocycles. The molecule has 0 aromatic heterocycles. The van der Waals surface area contributed by atoms with Gasteiger partial charge in [-0.2, -0.15) is 0 Å². The molecule has 0 spiro atoms. The molecule has 0 amide bonds. The van der Waals surface area contributed by atoms with Gasteiger partial charge in [-0.25, -0.2) is 4.39 Å². The third kappa shape index (κ3) is 2.54. The molecule has 2 aliphatic carbocycles. The molecule has 0 aromatic carbocycles. The zero-order valence-electron chi connectivity index (χ0n) is 10.1. The molecule has 0 aliphatic heterocycles. The molecule has 2 rings (SSSR count). The second-order valence-electron chi connectivity index (χ2n) is 5.82. The van der Waals surface area contributed by atoms with E-state index in [1.165, 1.54) is 38.5 Å². The Morgan fingerprint density at radius 3 is 1.40 bits per heavy atom. The van der Waals surface area contributed by atoms with E-state index < -0.39 is 5.67 Å². The van der Waals surface area contributed by atoms with Crippen molar-refractivity contribution in [3.8, 4) is 0 Å². The molecule has 0 N–H and O–H groups in total. The summed E-state index contributed by atoms with van der Waals surface area (Å²) in [6.45, 7) is 1.90. The van der Waals surface area contributed by atoms with E-state index in [0.717, 1.165) is 25.7 Å². The van der Waals surface area contributed by atoms with Crippen molar-refractivity contribution in [3.63, 3.8) is 0 Å². The van der Waals surface area contributed by atoms with Crippen molar-refractivity contribution in [2.24, 2.45) is 11.8 Å². The highest BCUT2D eigenvalue weighted by Gasteiger charge is 2.41. The number of hydrogen-bond donors (Lipinski definition) is 0. The van der Waals surface area contributed by atoms with E-state index in [9.17, 15) is 4.39 Å². The summed E-state index contributed by atoms with van der Waals surface area (Å²) < 4.78 is 14.9. The van der Waals surface area contributed by atoms with Crippen LogP contribution in [0.5, 0.6) is 0 Å². The molecule has 0 nitrogen and oxygen atoms in total. The normalized spacial score (nSPS) is 26.8. The van der Waals surface area contributed by atoms with Gasteiger partial charge in [0.05, 0.1) is 0 Å². The fourth-order valence-electron chi connectivity index (χ4n) is 3.67. The Morgan fingerprint density at radius 2 is 1.07 bits per heavy atom. The lowest BCUT2D eigenvalue weighted by Crippen LogP contribution is -2.40. The van der Waals surface area contributed by atoms with Crippen LogP contribution in [0.3, 0.4) is 0 Å². The van der Waals surface area contributed by atoms with E-state index in [4.69, 9.17) is 0 Å². The monoisotopic (exact) mass is 212 g/mol. The van der Waals surface area contributed by atoms with Crippen LogP contribution in [0.25, 0.3) is 0 Å². The molecule has 0 unspecified atom stereocenters. The van der Waals surface area contributed by atoms with E-state index >= 15 is 0 Å². The van der Waals surface area contributed by atoms with E-state index in [1.54, 1.807) is 0 Å². The van der Waals surface area contributed by atoms with Gasteiger partial charge in [-0.05, 0) is 44.4 Å².